The maximum absolute atomic E-state index is 12.5. The predicted octanol–water partition coefficient (Wildman–Crippen LogP) is 1.95. The third kappa shape index (κ3) is 2.63. The van der Waals surface area contributed by atoms with Crippen LogP contribution in [0.2, 0.25) is 0 Å². The van der Waals surface area contributed by atoms with Crippen LogP contribution in [0.25, 0.3) is 0 Å². The maximum Gasteiger partial charge on any atom is 0.257 e. The van der Waals surface area contributed by atoms with E-state index in [1.54, 1.807) is 12.1 Å². The lowest BCUT2D eigenvalue weighted by atomic mass is 9.86. The van der Waals surface area contributed by atoms with Gasteiger partial charge in [-0.15, -0.1) is 12.4 Å². The number of carbonyl (C=O) groups is 1. The van der Waals surface area contributed by atoms with Gasteiger partial charge in [0, 0.05) is 25.0 Å². The molecule has 0 saturated carbocycles. The number of benzene rings is 1. The molecule has 1 aromatic carbocycles. The predicted molar refractivity (Wildman–Crippen MR) is 80.5 cm³/mol. The molecule has 1 unspecified atom stereocenters. The van der Waals surface area contributed by atoms with Crippen LogP contribution in [-0.2, 0) is 0 Å². The lowest BCUT2D eigenvalue weighted by Gasteiger charge is -2.23. The Morgan fingerprint density at radius 2 is 2.20 bits per heavy atom. The van der Waals surface area contributed by atoms with Crippen molar-refractivity contribution in [1.29, 1.82) is 0 Å². The Bertz CT molecular complexity index is 513. The van der Waals surface area contributed by atoms with E-state index in [2.05, 4.69) is 5.32 Å². The lowest BCUT2D eigenvalue weighted by molar-refractivity contribution is 0.0772. The number of halogens is 1. The molecule has 0 bridgehead atoms. The summed E-state index contributed by atoms with van der Waals surface area (Å²) in [4.78, 5) is 14.4. The second-order valence-corrected chi connectivity index (χ2v) is 5.92. The minimum atomic E-state index is -0.0371. The highest BCUT2D eigenvalue weighted by atomic mass is 35.5. The van der Waals surface area contributed by atoms with Gasteiger partial charge in [-0.25, -0.2) is 0 Å². The number of nitrogens with zero attached hydrogens (tertiary/aromatic N) is 1. The summed E-state index contributed by atoms with van der Waals surface area (Å²) in [5.74, 6) is 0.0473. The van der Waals surface area contributed by atoms with Crippen molar-refractivity contribution in [3.8, 4) is 5.75 Å². The summed E-state index contributed by atoms with van der Waals surface area (Å²) in [6.07, 6.45) is 2.22. The number of rotatable bonds is 1. The molecule has 1 aromatic rings. The summed E-state index contributed by atoms with van der Waals surface area (Å²) < 4.78 is 0. The van der Waals surface area contributed by atoms with Crippen molar-refractivity contribution in [1.82, 2.24) is 10.2 Å². The monoisotopic (exact) mass is 296 g/mol. The van der Waals surface area contributed by atoms with Crippen molar-refractivity contribution in [2.24, 2.45) is 5.41 Å². The van der Waals surface area contributed by atoms with Gasteiger partial charge in [0.1, 0.15) is 5.75 Å². The van der Waals surface area contributed by atoms with Crippen molar-refractivity contribution in [3.05, 3.63) is 29.3 Å². The molecule has 2 saturated heterocycles. The van der Waals surface area contributed by atoms with Gasteiger partial charge >= 0.3 is 0 Å². The molecule has 2 N–H and O–H groups in total. The highest BCUT2D eigenvalue weighted by Gasteiger charge is 2.42. The molecule has 2 fully saturated rings. The van der Waals surface area contributed by atoms with Gasteiger partial charge in [-0.2, -0.15) is 0 Å². The smallest absolute Gasteiger partial charge is 0.257 e. The summed E-state index contributed by atoms with van der Waals surface area (Å²) in [5, 5.41) is 13.3. The number of nitrogens with one attached hydrogen (secondary N) is 1. The number of hydrogen-bond acceptors (Lipinski definition) is 3. The van der Waals surface area contributed by atoms with Gasteiger partial charge in [0.2, 0.25) is 0 Å². The van der Waals surface area contributed by atoms with Gasteiger partial charge in [-0.05, 0) is 38.4 Å². The van der Waals surface area contributed by atoms with E-state index in [0.717, 1.165) is 44.6 Å². The first-order chi connectivity index (χ1) is 9.10. The van der Waals surface area contributed by atoms with Crippen molar-refractivity contribution in [2.45, 2.75) is 19.8 Å². The van der Waals surface area contributed by atoms with Gasteiger partial charge in [-0.1, -0.05) is 11.6 Å². The van der Waals surface area contributed by atoms with Crippen LogP contribution in [0.15, 0.2) is 18.2 Å². The molecule has 1 atom stereocenters. The molecule has 5 heteroatoms. The maximum atomic E-state index is 12.5. The second-order valence-electron chi connectivity index (χ2n) is 5.92. The quantitative estimate of drug-likeness (QED) is 0.833. The number of aromatic hydroxyl groups is 1. The highest BCUT2D eigenvalue weighted by molar-refractivity contribution is 5.97. The van der Waals surface area contributed by atoms with Crippen LogP contribution in [-0.4, -0.2) is 42.1 Å². The molecule has 2 heterocycles. The van der Waals surface area contributed by atoms with Crippen LogP contribution in [0, 0.1) is 12.3 Å². The van der Waals surface area contributed by atoms with Crippen molar-refractivity contribution in [2.75, 3.05) is 26.2 Å². The molecule has 0 radical (unpaired) electrons. The molecule has 1 amide bonds. The average molecular weight is 297 g/mol. The molecule has 0 aromatic heterocycles. The minimum Gasteiger partial charge on any atom is -0.507 e. The van der Waals surface area contributed by atoms with Crippen molar-refractivity contribution < 1.29 is 9.90 Å². The van der Waals surface area contributed by atoms with Crippen LogP contribution in [0.5, 0.6) is 5.75 Å². The highest BCUT2D eigenvalue weighted by Crippen LogP contribution is 2.37. The Hall–Kier alpha value is -1.26. The number of aryl methyl sites for hydroxylation is 1. The molecule has 110 valence electrons. The topological polar surface area (TPSA) is 52.6 Å². The standard InChI is InChI=1S/C15H20N2O2.ClH/c1-11-2-3-13(18)12(8-11)14(19)17-7-5-15(10-17)4-6-16-9-15;/h2-3,8,16,18H,4-7,9-10H2,1H3;1H. The molecular weight excluding hydrogens is 276 g/mol. The molecule has 20 heavy (non-hydrogen) atoms. The summed E-state index contributed by atoms with van der Waals surface area (Å²) in [5.41, 5.74) is 1.70. The van der Waals surface area contributed by atoms with Crippen LogP contribution in [0.3, 0.4) is 0 Å². The fourth-order valence-electron chi connectivity index (χ4n) is 3.24. The van der Waals surface area contributed by atoms with Gasteiger partial charge in [-0.3, -0.25) is 4.79 Å². The Morgan fingerprint density at radius 3 is 2.90 bits per heavy atom. The first-order valence-corrected chi connectivity index (χ1v) is 6.89. The summed E-state index contributed by atoms with van der Waals surface area (Å²) in [6, 6.07) is 5.19. The zero-order valence-electron chi connectivity index (χ0n) is 11.7. The van der Waals surface area contributed by atoms with E-state index in [1.807, 2.05) is 17.9 Å². The lowest BCUT2D eigenvalue weighted by Crippen LogP contribution is -2.33. The van der Waals surface area contributed by atoms with Crippen molar-refractivity contribution in [3.63, 3.8) is 0 Å². The van der Waals surface area contributed by atoms with Crippen LogP contribution >= 0.6 is 12.4 Å². The number of likely N-dealkylation sites (tertiary alicyclic amines) is 1. The normalized spacial score (nSPS) is 24.9. The van der Waals surface area contributed by atoms with E-state index < -0.39 is 0 Å². The molecule has 2 aliphatic rings. The molecule has 3 rings (SSSR count). The first-order valence-electron chi connectivity index (χ1n) is 6.89. The van der Waals surface area contributed by atoms with E-state index in [-0.39, 0.29) is 29.5 Å². The molecule has 1 spiro atoms. The van der Waals surface area contributed by atoms with E-state index in [9.17, 15) is 9.90 Å². The molecular formula is C15H21ClN2O2. The minimum absolute atomic E-state index is 0. The first kappa shape index (κ1) is 15.1. The zero-order valence-corrected chi connectivity index (χ0v) is 12.5. The van der Waals surface area contributed by atoms with Gasteiger partial charge < -0.3 is 15.3 Å². The number of amides is 1. The number of hydrogen-bond donors (Lipinski definition) is 2. The van der Waals surface area contributed by atoms with E-state index in [1.165, 1.54) is 0 Å². The van der Waals surface area contributed by atoms with Gasteiger partial charge in [0.25, 0.3) is 5.91 Å². The number of phenolic OH excluding ortho intramolecular Hbond substituents is 1. The molecule has 4 nitrogen and oxygen atoms in total. The van der Waals surface area contributed by atoms with E-state index >= 15 is 0 Å². The third-order valence-electron chi connectivity index (χ3n) is 4.44. The Labute approximate surface area is 125 Å². The van der Waals surface area contributed by atoms with E-state index in [4.69, 9.17) is 0 Å². The third-order valence-corrected chi connectivity index (χ3v) is 4.44. The Kier molecular flexibility index (Phi) is 4.25. The molecule has 0 aliphatic carbocycles. The summed E-state index contributed by atoms with van der Waals surface area (Å²) in [6.45, 7) is 5.61. The van der Waals surface area contributed by atoms with Crippen molar-refractivity contribution >= 4 is 18.3 Å². The summed E-state index contributed by atoms with van der Waals surface area (Å²) >= 11 is 0. The number of carbonyl (C=O) groups excluding carboxylic acids is 1. The number of phenols is 1. The largest absolute Gasteiger partial charge is 0.507 e. The molecule has 2 aliphatic heterocycles. The average Bonchev–Trinajstić information content (AvgIpc) is 3.03. The fourth-order valence-corrected chi connectivity index (χ4v) is 3.24. The van der Waals surface area contributed by atoms with Gasteiger partial charge in [0.15, 0.2) is 0 Å². The van der Waals surface area contributed by atoms with Crippen LogP contribution in [0.4, 0.5) is 0 Å². The fraction of sp³-hybridized carbons (Fsp3) is 0.533. The Morgan fingerprint density at radius 1 is 1.40 bits per heavy atom. The zero-order chi connectivity index (χ0) is 13.5. The van der Waals surface area contributed by atoms with Crippen LogP contribution in [0.1, 0.15) is 28.8 Å². The second kappa shape index (κ2) is 5.62. The van der Waals surface area contributed by atoms with Crippen LogP contribution < -0.4 is 5.32 Å². The van der Waals surface area contributed by atoms with Gasteiger partial charge in [0.05, 0.1) is 5.56 Å². The van der Waals surface area contributed by atoms with E-state index in [0.29, 0.717) is 5.56 Å². The summed E-state index contributed by atoms with van der Waals surface area (Å²) in [7, 11) is 0. The Balaban J connectivity index is 0.00000147. The SMILES string of the molecule is Cc1ccc(O)c(C(=O)N2CCC3(CCNC3)C2)c1.Cl.